The summed E-state index contributed by atoms with van der Waals surface area (Å²) in [5, 5.41) is 4.11. The van der Waals surface area contributed by atoms with Crippen molar-refractivity contribution >= 4 is 50.0 Å². The lowest BCUT2D eigenvalue weighted by molar-refractivity contribution is -0.120. The van der Waals surface area contributed by atoms with Gasteiger partial charge in [0, 0.05) is 5.02 Å². The number of halogens is 1. The van der Waals surface area contributed by atoms with E-state index in [2.05, 4.69) is 10.3 Å². The number of hydrogen-bond acceptors (Lipinski definition) is 6. The maximum Gasteiger partial charge on any atom is 0.266 e. The van der Waals surface area contributed by atoms with E-state index < -0.39 is 15.4 Å². The van der Waals surface area contributed by atoms with Crippen LogP contribution < -0.4 is 10.9 Å². The molecule has 1 aliphatic heterocycles. The summed E-state index contributed by atoms with van der Waals surface area (Å²) in [5.41, 5.74) is 0.0413. The first-order valence-electron chi connectivity index (χ1n) is 9.58. The van der Waals surface area contributed by atoms with Gasteiger partial charge in [-0.2, -0.15) is 0 Å². The van der Waals surface area contributed by atoms with Crippen molar-refractivity contribution < 1.29 is 13.2 Å². The molecule has 1 aliphatic rings. The molecule has 31 heavy (non-hydrogen) atoms. The molecule has 1 amide bonds. The summed E-state index contributed by atoms with van der Waals surface area (Å²) in [7, 11) is -3.14. The molecule has 1 saturated heterocycles. The number of carbonyl (C=O) groups is 1. The van der Waals surface area contributed by atoms with Crippen LogP contribution in [0.15, 0.2) is 58.5 Å². The average molecular weight is 478 g/mol. The number of rotatable bonds is 5. The van der Waals surface area contributed by atoms with Crippen molar-refractivity contribution in [3.05, 3.63) is 63.9 Å². The molecule has 0 bridgehead atoms. The van der Waals surface area contributed by atoms with E-state index >= 15 is 0 Å². The van der Waals surface area contributed by atoms with Gasteiger partial charge in [0.05, 0.1) is 39.4 Å². The number of nitrogens with one attached hydrogen (secondary N) is 1. The van der Waals surface area contributed by atoms with Crippen molar-refractivity contribution in [2.45, 2.75) is 24.0 Å². The van der Waals surface area contributed by atoms with Crippen molar-refractivity contribution in [3.63, 3.8) is 0 Å². The summed E-state index contributed by atoms with van der Waals surface area (Å²) in [4.78, 5) is 30.4. The Labute approximate surface area is 188 Å². The molecule has 0 aliphatic carbocycles. The average Bonchev–Trinajstić information content (AvgIpc) is 2.99. The smallest absolute Gasteiger partial charge is 0.266 e. The van der Waals surface area contributed by atoms with Gasteiger partial charge in [-0.3, -0.25) is 14.2 Å². The van der Waals surface area contributed by atoms with Crippen LogP contribution in [0.3, 0.4) is 0 Å². The van der Waals surface area contributed by atoms with Crippen molar-refractivity contribution in [2.24, 2.45) is 0 Å². The van der Waals surface area contributed by atoms with Gasteiger partial charge < -0.3 is 5.32 Å². The molecule has 1 atom stereocenters. The number of aromatic nitrogens is 2. The lowest BCUT2D eigenvalue weighted by Gasteiger charge is -2.23. The van der Waals surface area contributed by atoms with Gasteiger partial charge in [0.2, 0.25) is 5.91 Å². The number of sulfone groups is 1. The second kappa shape index (κ2) is 8.29. The Bertz CT molecular complexity index is 1340. The fourth-order valence-electron chi connectivity index (χ4n) is 3.66. The molecule has 7 nitrogen and oxygen atoms in total. The Morgan fingerprint density at radius 2 is 2.03 bits per heavy atom. The minimum Gasteiger partial charge on any atom is -0.349 e. The van der Waals surface area contributed by atoms with Crippen LogP contribution in [0, 0.1) is 0 Å². The van der Waals surface area contributed by atoms with E-state index in [1.165, 1.54) is 4.57 Å². The van der Waals surface area contributed by atoms with E-state index in [0.717, 1.165) is 11.8 Å². The van der Waals surface area contributed by atoms with E-state index in [1.54, 1.807) is 55.5 Å². The molecule has 2 aromatic carbocycles. The summed E-state index contributed by atoms with van der Waals surface area (Å²) in [6.45, 7) is 1.73. The quantitative estimate of drug-likeness (QED) is 0.448. The number of hydrogen-bond donors (Lipinski definition) is 1. The summed E-state index contributed by atoms with van der Waals surface area (Å²) in [6, 6.07) is 13.9. The van der Waals surface area contributed by atoms with Crippen LogP contribution in [0.2, 0.25) is 5.02 Å². The molecule has 10 heteroatoms. The molecule has 3 aromatic rings. The molecular weight excluding hydrogens is 458 g/mol. The zero-order chi connectivity index (χ0) is 22.2. The minimum absolute atomic E-state index is 0.0129. The van der Waals surface area contributed by atoms with Crippen LogP contribution in [0.1, 0.15) is 13.3 Å². The zero-order valence-electron chi connectivity index (χ0n) is 16.7. The van der Waals surface area contributed by atoms with Crippen LogP contribution in [0.5, 0.6) is 0 Å². The number of amides is 1. The van der Waals surface area contributed by atoms with Crippen molar-refractivity contribution in [1.82, 2.24) is 14.9 Å². The summed E-state index contributed by atoms with van der Waals surface area (Å²) in [6.07, 6.45) is 0.382. The molecular formula is C21H20ClN3O4S2. The maximum absolute atomic E-state index is 13.2. The molecule has 1 N–H and O–H groups in total. The Hall–Kier alpha value is -2.36. The lowest BCUT2D eigenvalue weighted by Crippen LogP contribution is -2.47. The highest BCUT2D eigenvalue weighted by Crippen LogP contribution is 2.25. The van der Waals surface area contributed by atoms with Gasteiger partial charge in [0.15, 0.2) is 15.0 Å². The molecule has 0 saturated carbocycles. The van der Waals surface area contributed by atoms with Gasteiger partial charge in [-0.25, -0.2) is 13.4 Å². The Morgan fingerprint density at radius 3 is 2.74 bits per heavy atom. The predicted molar refractivity (Wildman–Crippen MR) is 123 cm³/mol. The largest absolute Gasteiger partial charge is 0.349 e. The standard InChI is InChI=1S/C21H20ClN3O4S2/c1-21(9-10-31(28,29)13-21)24-18(26)12-30-20-23-17-8-3-2-7-16(17)19(27)25(20)15-6-4-5-14(22)11-15/h2-8,11H,9-10,12-13H2,1H3,(H,24,26). The highest BCUT2D eigenvalue weighted by molar-refractivity contribution is 7.99. The highest BCUT2D eigenvalue weighted by atomic mass is 35.5. The van der Waals surface area contributed by atoms with Gasteiger partial charge in [-0.05, 0) is 43.7 Å². The molecule has 1 aromatic heterocycles. The topological polar surface area (TPSA) is 98.1 Å². The first kappa shape index (κ1) is 21.9. The van der Waals surface area contributed by atoms with E-state index in [1.807, 2.05) is 0 Å². The minimum atomic E-state index is -3.14. The van der Waals surface area contributed by atoms with E-state index in [4.69, 9.17) is 11.6 Å². The van der Waals surface area contributed by atoms with Gasteiger partial charge in [-0.15, -0.1) is 0 Å². The maximum atomic E-state index is 13.2. The second-order valence-electron chi connectivity index (χ2n) is 7.77. The number of carbonyl (C=O) groups excluding carboxylic acids is 1. The van der Waals surface area contributed by atoms with Gasteiger partial charge in [0.1, 0.15) is 0 Å². The third kappa shape index (κ3) is 4.78. The van der Waals surface area contributed by atoms with Gasteiger partial charge in [0.25, 0.3) is 5.56 Å². The molecule has 162 valence electrons. The highest BCUT2D eigenvalue weighted by Gasteiger charge is 2.39. The third-order valence-corrected chi connectivity index (χ3v) is 8.16. The van der Waals surface area contributed by atoms with Gasteiger partial charge >= 0.3 is 0 Å². The van der Waals surface area contributed by atoms with Crippen molar-refractivity contribution in [1.29, 1.82) is 0 Å². The number of nitrogens with zero attached hydrogens (tertiary/aromatic N) is 2. The number of benzene rings is 2. The summed E-state index contributed by atoms with van der Waals surface area (Å²) >= 11 is 7.24. The third-order valence-electron chi connectivity index (χ3n) is 5.09. The van der Waals surface area contributed by atoms with E-state index in [-0.39, 0.29) is 28.7 Å². The molecule has 1 unspecified atom stereocenters. The van der Waals surface area contributed by atoms with E-state index in [9.17, 15) is 18.0 Å². The van der Waals surface area contributed by atoms with Crippen LogP contribution in [0.25, 0.3) is 16.6 Å². The first-order chi connectivity index (χ1) is 14.7. The normalized spacial score (nSPS) is 20.1. The summed E-state index contributed by atoms with van der Waals surface area (Å²) in [5.74, 6) is -0.333. The van der Waals surface area contributed by atoms with Crippen molar-refractivity contribution in [3.8, 4) is 5.69 Å². The zero-order valence-corrected chi connectivity index (χ0v) is 19.1. The second-order valence-corrected chi connectivity index (χ2v) is 11.3. The van der Waals surface area contributed by atoms with Gasteiger partial charge in [-0.1, -0.05) is 41.6 Å². The number of fused-ring (bicyclic) bond motifs is 1. The number of para-hydroxylation sites is 1. The molecule has 0 spiro atoms. The number of thioether (sulfide) groups is 1. The van der Waals surface area contributed by atoms with Crippen LogP contribution >= 0.6 is 23.4 Å². The van der Waals surface area contributed by atoms with Crippen LogP contribution in [0.4, 0.5) is 0 Å². The Kier molecular flexibility index (Phi) is 5.85. The lowest BCUT2D eigenvalue weighted by atomic mass is 10.0. The first-order valence-corrected chi connectivity index (χ1v) is 12.8. The van der Waals surface area contributed by atoms with Crippen LogP contribution in [-0.2, 0) is 14.6 Å². The summed E-state index contributed by atoms with van der Waals surface area (Å²) < 4.78 is 25.0. The molecule has 1 fully saturated rings. The molecule has 2 heterocycles. The SMILES string of the molecule is CC1(NC(=O)CSc2nc3ccccc3c(=O)n2-c2cccc(Cl)c2)CCS(=O)(=O)C1. The Morgan fingerprint density at radius 1 is 1.26 bits per heavy atom. The van der Waals surface area contributed by atoms with Crippen LogP contribution in [-0.4, -0.2) is 46.7 Å². The molecule has 4 rings (SSSR count). The monoisotopic (exact) mass is 477 g/mol. The Balaban J connectivity index is 1.65. The fraction of sp³-hybridized carbons (Fsp3) is 0.286. The van der Waals surface area contributed by atoms with E-state index in [0.29, 0.717) is 33.2 Å². The predicted octanol–water partition coefficient (Wildman–Crippen LogP) is 2.82. The van der Waals surface area contributed by atoms with Crippen molar-refractivity contribution in [2.75, 3.05) is 17.3 Å². The fourth-order valence-corrected chi connectivity index (χ4v) is 6.75. The molecule has 0 radical (unpaired) electrons.